The van der Waals surface area contributed by atoms with Crippen LogP contribution < -0.4 is 5.32 Å². The second-order valence-corrected chi connectivity index (χ2v) is 5.33. The van der Waals surface area contributed by atoms with E-state index in [1.165, 1.54) is 12.0 Å². The van der Waals surface area contributed by atoms with Gasteiger partial charge < -0.3 is 10.1 Å². The topological polar surface area (TPSA) is 57.9 Å². The van der Waals surface area contributed by atoms with Crippen molar-refractivity contribution in [3.05, 3.63) is 22.9 Å². The average Bonchev–Trinajstić information content (AvgIpc) is 2.92. The average molecular weight is 257 g/mol. The third-order valence-corrected chi connectivity index (χ3v) is 3.94. The maximum atomic E-state index is 9.23. The molecule has 2 aliphatic rings. The van der Waals surface area contributed by atoms with Gasteiger partial charge in [-0.05, 0) is 50.2 Å². The first-order chi connectivity index (χ1) is 9.36. The zero-order valence-electron chi connectivity index (χ0n) is 11.1. The molecule has 0 aromatic carbocycles. The van der Waals surface area contributed by atoms with Gasteiger partial charge in [0.25, 0.3) is 0 Å². The summed E-state index contributed by atoms with van der Waals surface area (Å²) in [5.41, 5.74) is 3.07. The van der Waals surface area contributed by atoms with Crippen LogP contribution in [0, 0.1) is 11.3 Å². The molecular formula is C15H19N3O. The molecule has 1 aliphatic heterocycles. The van der Waals surface area contributed by atoms with Gasteiger partial charge in [0.2, 0.25) is 0 Å². The number of hydrogen-bond donors (Lipinski definition) is 1. The van der Waals surface area contributed by atoms with E-state index in [1.54, 1.807) is 0 Å². The Morgan fingerprint density at radius 3 is 3.11 bits per heavy atom. The van der Waals surface area contributed by atoms with Crippen molar-refractivity contribution in [3.63, 3.8) is 0 Å². The van der Waals surface area contributed by atoms with Crippen LogP contribution in [0.15, 0.2) is 6.07 Å². The fourth-order valence-electron chi connectivity index (χ4n) is 2.87. The largest absolute Gasteiger partial charge is 0.376 e. The van der Waals surface area contributed by atoms with E-state index in [1.807, 2.05) is 6.07 Å². The van der Waals surface area contributed by atoms with E-state index in [0.717, 1.165) is 56.8 Å². The molecule has 100 valence electrons. The minimum atomic E-state index is 0.260. The number of nitriles is 1. The minimum Gasteiger partial charge on any atom is -0.376 e. The maximum absolute atomic E-state index is 9.23. The van der Waals surface area contributed by atoms with Crippen molar-refractivity contribution < 1.29 is 4.74 Å². The van der Waals surface area contributed by atoms with Gasteiger partial charge in [0.15, 0.2) is 0 Å². The number of hydrogen-bond acceptors (Lipinski definition) is 4. The van der Waals surface area contributed by atoms with Crippen LogP contribution in [0.1, 0.15) is 42.5 Å². The van der Waals surface area contributed by atoms with Crippen molar-refractivity contribution in [3.8, 4) is 6.07 Å². The van der Waals surface area contributed by atoms with E-state index in [4.69, 9.17) is 4.74 Å². The van der Waals surface area contributed by atoms with Gasteiger partial charge in [-0.2, -0.15) is 5.26 Å². The van der Waals surface area contributed by atoms with Gasteiger partial charge in [-0.25, -0.2) is 4.98 Å². The number of anilines is 1. The van der Waals surface area contributed by atoms with Crippen molar-refractivity contribution in [1.29, 1.82) is 5.26 Å². The zero-order valence-corrected chi connectivity index (χ0v) is 11.1. The Balaban J connectivity index is 1.71. The van der Waals surface area contributed by atoms with Gasteiger partial charge in [0.05, 0.1) is 11.7 Å². The Labute approximate surface area is 113 Å². The number of aromatic nitrogens is 1. The van der Waals surface area contributed by atoms with E-state index in [0.29, 0.717) is 5.56 Å². The summed E-state index contributed by atoms with van der Waals surface area (Å²) < 4.78 is 5.69. The van der Waals surface area contributed by atoms with E-state index in [9.17, 15) is 5.26 Å². The van der Waals surface area contributed by atoms with Gasteiger partial charge in [-0.15, -0.1) is 0 Å². The summed E-state index contributed by atoms with van der Waals surface area (Å²) in [4.78, 5) is 4.62. The van der Waals surface area contributed by atoms with E-state index >= 15 is 0 Å². The molecule has 0 amide bonds. The molecule has 0 saturated carbocycles. The number of nitrogens with one attached hydrogen (secondary N) is 1. The van der Waals surface area contributed by atoms with Gasteiger partial charge in [-0.3, -0.25) is 0 Å². The molecule has 0 spiro atoms. The Kier molecular flexibility index (Phi) is 3.65. The molecule has 1 aromatic rings. The lowest BCUT2D eigenvalue weighted by molar-refractivity contribution is 0.0247. The van der Waals surface area contributed by atoms with Crippen LogP contribution >= 0.6 is 0 Å². The lowest BCUT2D eigenvalue weighted by Crippen LogP contribution is -2.27. The van der Waals surface area contributed by atoms with E-state index < -0.39 is 0 Å². The lowest BCUT2D eigenvalue weighted by Gasteiger charge is -2.23. The van der Waals surface area contributed by atoms with Crippen LogP contribution in [-0.4, -0.2) is 24.2 Å². The predicted molar refractivity (Wildman–Crippen MR) is 73.1 cm³/mol. The highest BCUT2D eigenvalue weighted by atomic mass is 16.5. The summed E-state index contributed by atoms with van der Waals surface area (Å²) in [7, 11) is 0. The molecule has 1 fully saturated rings. The minimum absolute atomic E-state index is 0.260. The van der Waals surface area contributed by atoms with E-state index in [-0.39, 0.29) is 6.10 Å². The van der Waals surface area contributed by atoms with Gasteiger partial charge >= 0.3 is 0 Å². The van der Waals surface area contributed by atoms with E-state index in [2.05, 4.69) is 16.4 Å². The smallest absolute Gasteiger partial charge is 0.144 e. The van der Waals surface area contributed by atoms with Crippen LogP contribution in [0.4, 0.5) is 5.82 Å². The number of aryl methyl sites for hydroxylation is 2. The van der Waals surface area contributed by atoms with Gasteiger partial charge in [0, 0.05) is 18.8 Å². The number of ether oxygens (including phenoxy) is 1. The Bertz CT molecular complexity index is 501. The van der Waals surface area contributed by atoms with Crippen molar-refractivity contribution >= 4 is 5.82 Å². The molecule has 1 aromatic heterocycles. The molecule has 19 heavy (non-hydrogen) atoms. The highest BCUT2D eigenvalue weighted by molar-refractivity contribution is 5.55. The third-order valence-electron chi connectivity index (χ3n) is 3.94. The molecule has 2 heterocycles. The molecule has 3 rings (SSSR count). The number of rotatable bonds is 3. The first-order valence-electron chi connectivity index (χ1n) is 7.15. The summed E-state index contributed by atoms with van der Waals surface area (Å²) in [5, 5.41) is 12.5. The second-order valence-electron chi connectivity index (χ2n) is 5.33. The summed E-state index contributed by atoms with van der Waals surface area (Å²) in [6, 6.07) is 4.25. The summed E-state index contributed by atoms with van der Waals surface area (Å²) >= 11 is 0. The molecule has 1 N–H and O–H groups in total. The molecule has 4 nitrogen and oxygen atoms in total. The first kappa shape index (κ1) is 12.4. The summed E-state index contributed by atoms with van der Waals surface area (Å²) in [5.74, 6) is 0.734. The van der Waals surface area contributed by atoms with Crippen molar-refractivity contribution in [1.82, 2.24) is 4.98 Å². The van der Waals surface area contributed by atoms with Crippen LogP contribution in [0.2, 0.25) is 0 Å². The SMILES string of the molecule is N#Cc1cc2c(nc1NCC1CCCCO1)CCC2. The van der Waals surface area contributed by atoms with Crippen LogP contribution in [0.5, 0.6) is 0 Å². The molecule has 4 heteroatoms. The first-order valence-corrected chi connectivity index (χ1v) is 7.15. The third kappa shape index (κ3) is 2.71. The maximum Gasteiger partial charge on any atom is 0.144 e. The van der Waals surface area contributed by atoms with Crippen LogP contribution in [0.25, 0.3) is 0 Å². The lowest BCUT2D eigenvalue weighted by atomic mass is 10.1. The molecule has 1 atom stereocenters. The normalized spacial score (nSPS) is 21.7. The number of nitrogens with zero attached hydrogens (tertiary/aromatic N) is 2. The zero-order chi connectivity index (χ0) is 13.1. The molecule has 1 aliphatic carbocycles. The number of fused-ring (bicyclic) bond motifs is 1. The highest BCUT2D eigenvalue weighted by Crippen LogP contribution is 2.25. The highest BCUT2D eigenvalue weighted by Gasteiger charge is 2.18. The molecule has 0 radical (unpaired) electrons. The van der Waals surface area contributed by atoms with Crippen molar-refractivity contribution in [2.75, 3.05) is 18.5 Å². The van der Waals surface area contributed by atoms with Crippen LogP contribution in [-0.2, 0) is 17.6 Å². The van der Waals surface area contributed by atoms with Gasteiger partial charge in [-0.1, -0.05) is 0 Å². The Morgan fingerprint density at radius 2 is 2.32 bits per heavy atom. The second kappa shape index (κ2) is 5.58. The van der Waals surface area contributed by atoms with Crippen LogP contribution in [0.3, 0.4) is 0 Å². The fourth-order valence-corrected chi connectivity index (χ4v) is 2.87. The summed E-state index contributed by atoms with van der Waals surface area (Å²) in [6.45, 7) is 1.61. The molecule has 1 saturated heterocycles. The summed E-state index contributed by atoms with van der Waals surface area (Å²) in [6.07, 6.45) is 7.00. The monoisotopic (exact) mass is 257 g/mol. The predicted octanol–water partition coefficient (Wildman–Crippen LogP) is 2.42. The molecule has 1 unspecified atom stereocenters. The Morgan fingerprint density at radius 1 is 1.37 bits per heavy atom. The molecule has 0 bridgehead atoms. The fraction of sp³-hybridized carbons (Fsp3) is 0.600. The Hall–Kier alpha value is -1.60. The van der Waals surface area contributed by atoms with Crippen molar-refractivity contribution in [2.24, 2.45) is 0 Å². The van der Waals surface area contributed by atoms with Gasteiger partial charge in [0.1, 0.15) is 11.9 Å². The number of pyridine rings is 1. The standard InChI is InChI=1S/C15H19N3O/c16-9-12-8-11-4-3-6-14(11)18-15(12)17-10-13-5-1-2-7-19-13/h8,13H,1-7,10H2,(H,17,18). The molecular weight excluding hydrogens is 238 g/mol. The quantitative estimate of drug-likeness (QED) is 0.903. The van der Waals surface area contributed by atoms with Crippen molar-refractivity contribution in [2.45, 2.75) is 44.6 Å².